The van der Waals surface area contributed by atoms with Crippen LogP contribution in [0, 0.1) is 5.82 Å². The molecule has 1 amide bonds. The Balaban J connectivity index is 1.83. The first-order chi connectivity index (χ1) is 8.25. The maximum atomic E-state index is 12.9. The van der Waals surface area contributed by atoms with Crippen LogP contribution in [0.1, 0.15) is 0 Å². The average molecular weight is 238 g/mol. The SMILES string of the molecule is O=C(COc1cccc(F)c1)N1CCNCC1. The van der Waals surface area contributed by atoms with Gasteiger partial charge >= 0.3 is 0 Å². The molecule has 17 heavy (non-hydrogen) atoms. The van der Waals surface area contributed by atoms with Crippen LogP contribution in [0.3, 0.4) is 0 Å². The second kappa shape index (κ2) is 5.63. The third-order valence-corrected chi connectivity index (χ3v) is 2.63. The summed E-state index contributed by atoms with van der Waals surface area (Å²) in [6.45, 7) is 2.98. The van der Waals surface area contributed by atoms with E-state index in [1.54, 1.807) is 17.0 Å². The van der Waals surface area contributed by atoms with Crippen molar-refractivity contribution in [2.24, 2.45) is 0 Å². The predicted molar refractivity (Wildman–Crippen MR) is 61.3 cm³/mol. The summed E-state index contributed by atoms with van der Waals surface area (Å²) >= 11 is 0. The molecule has 0 radical (unpaired) electrons. The monoisotopic (exact) mass is 238 g/mol. The molecule has 0 unspecified atom stereocenters. The maximum Gasteiger partial charge on any atom is 0.260 e. The Hall–Kier alpha value is -1.62. The van der Waals surface area contributed by atoms with Crippen molar-refractivity contribution < 1.29 is 13.9 Å². The summed E-state index contributed by atoms with van der Waals surface area (Å²) in [5.41, 5.74) is 0. The fourth-order valence-corrected chi connectivity index (χ4v) is 1.71. The molecule has 5 heteroatoms. The van der Waals surface area contributed by atoms with Crippen LogP contribution < -0.4 is 10.1 Å². The van der Waals surface area contributed by atoms with Gasteiger partial charge in [-0.2, -0.15) is 0 Å². The van der Waals surface area contributed by atoms with Crippen molar-refractivity contribution in [3.8, 4) is 5.75 Å². The van der Waals surface area contributed by atoms with E-state index in [-0.39, 0.29) is 18.3 Å². The number of nitrogens with one attached hydrogen (secondary N) is 1. The normalized spacial score (nSPS) is 15.7. The van der Waals surface area contributed by atoms with Gasteiger partial charge in [-0.05, 0) is 12.1 Å². The smallest absolute Gasteiger partial charge is 0.260 e. The Labute approximate surface area is 99.4 Å². The molecule has 4 nitrogen and oxygen atoms in total. The molecule has 1 aliphatic heterocycles. The number of ether oxygens (including phenoxy) is 1. The molecule has 0 aromatic heterocycles. The van der Waals surface area contributed by atoms with Crippen molar-refractivity contribution >= 4 is 5.91 Å². The van der Waals surface area contributed by atoms with E-state index in [0.717, 1.165) is 13.1 Å². The molecule has 1 aliphatic rings. The van der Waals surface area contributed by atoms with E-state index < -0.39 is 0 Å². The zero-order valence-electron chi connectivity index (χ0n) is 9.49. The van der Waals surface area contributed by atoms with E-state index >= 15 is 0 Å². The van der Waals surface area contributed by atoms with Crippen LogP contribution in [0.4, 0.5) is 4.39 Å². The molecule has 0 atom stereocenters. The summed E-state index contributed by atoms with van der Waals surface area (Å²) in [7, 11) is 0. The van der Waals surface area contributed by atoms with Gasteiger partial charge in [0.1, 0.15) is 11.6 Å². The van der Waals surface area contributed by atoms with Gasteiger partial charge in [0, 0.05) is 32.2 Å². The van der Waals surface area contributed by atoms with Crippen molar-refractivity contribution in [2.45, 2.75) is 0 Å². The average Bonchev–Trinajstić information content (AvgIpc) is 2.37. The standard InChI is InChI=1S/C12H15FN2O2/c13-10-2-1-3-11(8-10)17-9-12(16)15-6-4-14-5-7-15/h1-3,8,14H,4-7,9H2. The van der Waals surface area contributed by atoms with Gasteiger partial charge in [-0.15, -0.1) is 0 Å². The summed E-state index contributed by atoms with van der Waals surface area (Å²) in [4.78, 5) is 13.5. The van der Waals surface area contributed by atoms with Crippen molar-refractivity contribution in [3.05, 3.63) is 30.1 Å². The van der Waals surface area contributed by atoms with E-state index in [1.807, 2.05) is 0 Å². The molecule has 1 saturated heterocycles. The highest BCUT2D eigenvalue weighted by Gasteiger charge is 2.16. The number of hydrogen-bond acceptors (Lipinski definition) is 3. The Morgan fingerprint density at radius 1 is 1.41 bits per heavy atom. The van der Waals surface area contributed by atoms with Gasteiger partial charge in [-0.25, -0.2) is 4.39 Å². The third-order valence-electron chi connectivity index (χ3n) is 2.63. The fraction of sp³-hybridized carbons (Fsp3) is 0.417. The number of nitrogens with zero attached hydrogens (tertiary/aromatic N) is 1. The van der Waals surface area contributed by atoms with Crippen LogP contribution in [0.15, 0.2) is 24.3 Å². The molecular weight excluding hydrogens is 223 g/mol. The van der Waals surface area contributed by atoms with Crippen molar-refractivity contribution in [2.75, 3.05) is 32.8 Å². The quantitative estimate of drug-likeness (QED) is 0.840. The summed E-state index contributed by atoms with van der Waals surface area (Å²) in [5, 5.41) is 3.17. The van der Waals surface area contributed by atoms with E-state index in [2.05, 4.69) is 5.32 Å². The molecule has 0 spiro atoms. The lowest BCUT2D eigenvalue weighted by Gasteiger charge is -2.27. The molecular formula is C12H15FN2O2. The fourth-order valence-electron chi connectivity index (χ4n) is 1.71. The number of halogens is 1. The van der Waals surface area contributed by atoms with E-state index in [4.69, 9.17) is 4.74 Å². The zero-order valence-corrected chi connectivity index (χ0v) is 9.49. The van der Waals surface area contributed by atoms with Crippen LogP contribution in [-0.2, 0) is 4.79 Å². The minimum Gasteiger partial charge on any atom is -0.484 e. The second-order valence-corrected chi connectivity index (χ2v) is 3.88. The van der Waals surface area contributed by atoms with Gasteiger partial charge < -0.3 is 15.0 Å². The highest BCUT2D eigenvalue weighted by Crippen LogP contribution is 2.11. The third kappa shape index (κ3) is 3.42. The van der Waals surface area contributed by atoms with Crippen LogP contribution in [0.2, 0.25) is 0 Å². The number of piperazine rings is 1. The molecule has 1 aromatic rings. The Kier molecular flexibility index (Phi) is 3.93. The lowest BCUT2D eigenvalue weighted by Crippen LogP contribution is -2.47. The molecule has 2 rings (SSSR count). The minimum absolute atomic E-state index is 0.0382. The van der Waals surface area contributed by atoms with Gasteiger partial charge in [0.2, 0.25) is 0 Å². The number of carbonyl (C=O) groups excluding carboxylic acids is 1. The topological polar surface area (TPSA) is 41.6 Å². The molecule has 1 N–H and O–H groups in total. The van der Waals surface area contributed by atoms with Gasteiger partial charge in [0.25, 0.3) is 5.91 Å². The molecule has 92 valence electrons. The molecule has 1 heterocycles. The largest absolute Gasteiger partial charge is 0.484 e. The number of rotatable bonds is 3. The van der Waals surface area contributed by atoms with Crippen molar-refractivity contribution in [1.82, 2.24) is 10.2 Å². The lowest BCUT2D eigenvalue weighted by molar-refractivity contribution is -0.133. The maximum absolute atomic E-state index is 12.9. The number of amides is 1. The van der Waals surface area contributed by atoms with Crippen LogP contribution in [0.25, 0.3) is 0 Å². The van der Waals surface area contributed by atoms with E-state index in [0.29, 0.717) is 18.8 Å². The highest BCUT2D eigenvalue weighted by atomic mass is 19.1. The van der Waals surface area contributed by atoms with Gasteiger partial charge in [0.15, 0.2) is 6.61 Å². The first-order valence-corrected chi connectivity index (χ1v) is 5.62. The molecule has 0 bridgehead atoms. The van der Waals surface area contributed by atoms with Gasteiger partial charge in [0.05, 0.1) is 0 Å². The Bertz CT molecular complexity index is 392. The second-order valence-electron chi connectivity index (χ2n) is 3.88. The summed E-state index contributed by atoms with van der Waals surface area (Å²) in [6.07, 6.45) is 0. The summed E-state index contributed by atoms with van der Waals surface area (Å²) in [5.74, 6) is -0.0404. The Morgan fingerprint density at radius 2 is 2.18 bits per heavy atom. The van der Waals surface area contributed by atoms with E-state index in [9.17, 15) is 9.18 Å². The molecule has 1 fully saturated rings. The Morgan fingerprint density at radius 3 is 2.88 bits per heavy atom. The molecule has 0 aliphatic carbocycles. The lowest BCUT2D eigenvalue weighted by atomic mass is 10.3. The van der Waals surface area contributed by atoms with Crippen LogP contribution >= 0.6 is 0 Å². The van der Waals surface area contributed by atoms with Crippen molar-refractivity contribution in [1.29, 1.82) is 0 Å². The number of benzene rings is 1. The number of hydrogen-bond donors (Lipinski definition) is 1. The van der Waals surface area contributed by atoms with Gasteiger partial charge in [-0.3, -0.25) is 4.79 Å². The summed E-state index contributed by atoms with van der Waals surface area (Å²) in [6, 6.07) is 5.80. The predicted octanol–water partition coefficient (Wildman–Crippen LogP) is 0.636. The van der Waals surface area contributed by atoms with Gasteiger partial charge in [-0.1, -0.05) is 6.07 Å². The first-order valence-electron chi connectivity index (χ1n) is 5.62. The van der Waals surface area contributed by atoms with Crippen LogP contribution in [-0.4, -0.2) is 43.6 Å². The van der Waals surface area contributed by atoms with Crippen LogP contribution in [0.5, 0.6) is 5.75 Å². The van der Waals surface area contributed by atoms with Crippen molar-refractivity contribution in [3.63, 3.8) is 0 Å². The minimum atomic E-state index is -0.364. The first kappa shape index (κ1) is 11.9. The van der Waals surface area contributed by atoms with E-state index in [1.165, 1.54) is 12.1 Å². The molecule has 0 saturated carbocycles. The zero-order chi connectivity index (χ0) is 12.1. The highest BCUT2D eigenvalue weighted by molar-refractivity contribution is 5.77. The molecule has 1 aromatic carbocycles. The summed E-state index contributed by atoms with van der Waals surface area (Å²) < 4.78 is 18.1. The number of carbonyl (C=O) groups is 1.